The number of hydrogen-bond acceptors (Lipinski definition) is 3. The number of carbonyl (C=O) groups excluding carboxylic acids is 2. The minimum Gasteiger partial charge on any atom is -0.295 e. The molecule has 0 saturated carbocycles. The van der Waals surface area contributed by atoms with Crippen molar-refractivity contribution < 1.29 is 9.59 Å². The number of rotatable bonds is 1. The van der Waals surface area contributed by atoms with Crippen LogP contribution in [-0.4, -0.2) is 21.2 Å². The maximum Gasteiger partial charge on any atom is 0.275 e. The molecule has 21 heavy (non-hydrogen) atoms. The number of nitrogens with zero attached hydrogens (tertiary/aromatic N) is 2. The zero-order chi connectivity index (χ0) is 14.6. The molecular weight excluding hydrogens is 270 g/mol. The van der Waals surface area contributed by atoms with Gasteiger partial charge in [0.15, 0.2) is 0 Å². The summed E-state index contributed by atoms with van der Waals surface area (Å²) in [6.45, 7) is 0.730. The summed E-state index contributed by atoms with van der Waals surface area (Å²) in [4.78, 5) is 36.1. The van der Waals surface area contributed by atoms with Crippen molar-refractivity contribution in [1.29, 1.82) is 0 Å². The Morgan fingerprint density at radius 1 is 1.14 bits per heavy atom. The van der Waals surface area contributed by atoms with Gasteiger partial charge in [0, 0.05) is 13.0 Å². The predicted octanol–water partition coefficient (Wildman–Crippen LogP) is 0.727. The van der Waals surface area contributed by atoms with Crippen molar-refractivity contribution >= 4 is 22.7 Å². The number of nitrogens with one attached hydrogen (secondary N) is 1. The van der Waals surface area contributed by atoms with Crippen LogP contribution >= 0.6 is 0 Å². The molecule has 2 amide bonds. The van der Waals surface area contributed by atoms with Crippen LogP contribution in [0.25, 0.3) is 10.9 Å². The van der Waals surface area contributed by atoms with Gasteiger partial charge < -0.3 is 0 Å². The van der Waals surface area contributed by atoms with Gasteiger partial charge in [0.05, 0.1) is 10.9 Å². The van der Waals surface area contributed by atoms with Gasteiger partial charge in [-0.2, -0.15) is 0 Å². The van der Waals surface area contributed by atoms with E-state index in [1.54, 1.807) is 4.68 Å². The van der Waals surface area contributed by atoms with Gasteiger partial charge in [0.25, 0.3) is 11.5 Å². The highest BCUT2D eigenvalue weighted by Gasteiger charge is 2.32. The van der Waals surface area contributed by atoms with E-state index < -0.39 is 6.04 Å². The van der Waals surface area contributed by atoms with Crippen LogP contribution in [-0.2, 0) is 22.6 Å². The van der Waals surface area contributed by atoms with Crippen LogP contribution in [0, 0.1) is 0 Å². The highest BCUT2D eigenvalue weighted by molar-refractivity contribution is 5.99. The maximum absolute atomic E-state index is 12.7. The lowest BCUT2D eigenvalue weighted by molar-refractivity contribution is -0.136. The van der Waals surface area contributed by atoms with Crippen LogP contribution < -0.4 is 10.9 Å². The zero-order valence-electron chi connectivity index (χ0n) is 11.5. The van der Waals surface area contributed by atoms with Gasteiger partial charge in [-0.1, -0.05) is 12.1 Å². The third-order valence-corrected chi connectivity index (χ3v) is 4.40. The van der Waals surface area contributed by atoms with Crippen molar-refractivity contribution in [1.82, 2.24) is 14.7 Å². The minimum atomic E-state index is -0.589. The van der Waals surface area contributed by atoms with Crippen molar-refractivity contribution in [2.75, 3.05) is 0 Å². The van der Waals surface area contributed by atoms with Gasteiger partial charge >= 0.3 is 0 Å². The van der Waals surface area contributed by atoms with E-state index in [0.717, 1.165) is 30.5 Å². The van der Waals surface area contributed by atoms with E-state index in [1.807, 2.05) is 22.9 Å². The largest absolute Gasteiger partial charge is 0.295 e. The molecule has 2 aliphatic rings. The predicted molar refractivity (Wildman–Crippen MR) is 75.9 cm³/mol. The quantitative estimate of drug-likeness (QED) is 0.785. The lowest BCUT2D eigenvalue weighted by Crippen LogP contribution is -2.45. The van der Waals surface area contributed by atoms with E-state index in [0.29, 0.717) is 11.8 Å². The Morgan fingerprint density at radius 2 is 2.00 bits per heavy atom. The molecule has 3 heterocycles. The molecule has 0 radical (unpaired) electrons. The first-order valence-electron chi connectivity index (χ1n) is 7.23. The Labute approximate surface area is 120 Å². The summed E-state index contributed by atoms with van der Waals surface area (Å²) in [5.74, 6) is -0.640. The number of amides is 2. The molecule has 1 unspecified atom stereocenters. The highest BCUT2D eigenvalue weighted by atomic mass is 16.2. The van der Waals surface area contributed by atoms with Crippen LogP contribution in [0.15, 0.2) is 23.0 Å². The monoisotopic (exact) mass is 285 g/mol. The molecule has 6 nitrogen and oxygen atoms in total. The number of benzene rings is 1. The molecule has 0 bridgehead atoms. The summed E-state index contributed by atoms with van der Waals surface area (Å²) in [6, 6.07) is 5.15. The summed E-state index contributed by atoms with van der Waals surface area (Å²) in [7, 11) is 0. The summed E-state index contributed by atoms with van der Waals surface area (Å²) in [6.07, 6.45) is 2.57. The lowest BCUT2D eigenvalue weighted by atomic mass is 10.0. The number of piperidine rings is 1. The van der Waals surface area contributed by atoms with E-state index in [-0.39, 0.29) is 23.8 Å². The fraction of sp³-hybridized carbons (Fsp3) is 0.400. The number of aromatic nitrogens is 2. The third kappa shape index (κ3) is 1.68. The Morgan fingerprint density at radius 3 is 2.81 bits per heavy atom. The van der Waals surface area contributed by atoms with Crippen molar-refractivity contribution in [2.24, 2.45) is 0 Å². The SMILES string of the molecule is O=C1CCC(n2c(=O)c3cccc4c3n2CCC4)C(=O)N1. The van der Waals surface area contributed by atoms with E-state index in [2.05, 4.69) is 5.32 Å². The van der Waals surface area contributed by atoms with Gasteiger partial charge in [0.2, 0.25) is 5.91 Å². The molecular formula is C15H15N3O3. The Hall–Kier alpha value is -2.37. The molecule has 4 rings (SSSR count). The second-order valence-electron chi connectivity index (χ2n) is 5.66. The molecule has 1 aromatic heterocycles. The Balaban J connectivity index is 1.96. The lowest BCUT2D eigenvalue weighted by Gasteiger charge is -2.26. The van der Waals surface area contributed by atoms with Gasteiger partial charge in [-0.3, -0.25) is 24.4 Å². The normalized spacial score (nSPS) is 21.6. The average molecular weight is 285 g/mol. The maximum atomic E-state index is 12.7. The summed E-state index contributed by atoms with van der Waals surface area (Å²) >= 11 is 0. The first-order valence-corrected chi connectivity index (χ1v) is 7.23. The standard InChI is InChI=1S/C15H15N3O3/c19-12-7-6-11(14(20)16-12)18-15(21)10-5-1-3-9-4-2-8-17(18)13(9)10/h1,3,5,11H,2,4,6-8H2,(H,16,19,20). The van der Waals surface area contributed by atoms with Gasteiger partial charge in [0.1, 0.15) is 6.04 Å². The fourth-order valence-corrected chi connectivity index (χ4v) is 3.48. The number of para-hydroxylation sites is 1. The highest BCUT2D eigenvalue weighted by Crippen LogP contribution is 2.27. The van der Waals surface area contributed by atoms with Crippen molar-refractivity contribution in [2.45, 2.75) is 38.3 Å². The third-order valence-electron chi connectivity index (χ3n) is 4.40. The summed E-state index contributed by atoms with van der Waals surface area (Å²) in [5, 5.41) is 3.00. The van der Waals surface area contributed by atoms with E-state index in [4.69, 9.17) is 0 Å². The second kappa shape index (κ2) is 4.31. The van der Waals surface area contributed by atoms with E-state index in [1.165, 1.54) is 0 Å². The summed E-state index contributed by atoms with van der Waals surface area (Å²) < 4.78 is 3.48. The molecule has 6 heteroatoms. The Bertz CT molecular complexity index is 831. The van der Waals surface area contributed by atoms with E-state index in [9.17, 15) is 14.4 Å². The average Bonchev–Trinajstić information content (AvgIpc) is 2.75. The first-order chi connectivity index (χ1) is 10.2. The molecule has 1 saturated heterocycles. The molecule has 1 fully saturated rings. The number of hydrogen-bond donors (Lipinski definition) is 1. The van der Waals surface area contributed by atoms with Crippen LogP contribution in [0.3, 0.4) is 0 Å². The number of aryl methyl sites for hydroxylation is 2. The smallest absolute Gasteiger partial charge is 0.275 e. The molecule has 2 aromatic rings. The van der Waals surface area contributed by atoms with Crippen LogP contribution in [0.4, 0.5) is 0 Å². The molecule has 1 atom stereocenters. The Kier molecular flexibility index (Phi) is 2.54. The van der Waals surface area contributed by atoms with Crippen LogP contribution in [0.1, 0.15) is 30.9 Å². The molecule has 108 valence electrons. The van der Waals surface area contributed by atoms with Gasteiger partial charge in [-0.15, -0.1) is 0 Å². The van der Waals surface area contributed by atoms with Crippen molar-refractivity contribution in [3.05, 3.63) is 34.1 Å². The number of carbonyl (C=O) groups is 2. The van der Waals surface area contributed by atoms with Gasteiger partial charge in [-0.05, 0) is 30.9 Å². The molecule has 0 spiro atoms. The zero-order valence-corrected chi connectivity index (χ0v) is 11.5. The molecule has 0 aliphatic carbocycles. The first kappa shape index (κ1) is 12.4. The fourth-order valence-electron chi connectivity index (χ4n) is 3.48. The van der Waals surface area contributed by atoms with Crippen molar-refractivity contribution in [3.63, 3.8) is 0 Å². The van der Waals surface area contributed by atoms with Gasteiger partial charge in [-0.25, -0.2) is 4.68 Å². The second-order valence-corrected chi connectivity index (χ2v) is 5.66. The molecule has 1 aromatic carbocycles. The topological polar surface area (TPSA) is 73.1 Å². The molecule has 2 aliphatic heterocycles. The van der Waals surface area contributed by atoms with E-state index >= 15 is 0 Å². The number of imide groups is 1. The minimum absolute atomic E-state index is 0.136. The van der Waals surface area contributed by atoms with Crippen LogP contribution in [0.2, 0.25) is 0 Å². The van der Waals surface area contributed by atoms with Crippen LogP contribution in [0.5, 0.6) is 0 Å². The van der Waals surface area contributed by atoms with Crippen molar-refractivity contribution in [3.8, 4) is 0 Å². The summed E-state index contributed by atoms with van der Waals surface area (Å²) in [5.41, 5.74) is 1.96. The molecule has 1 N–H and O–H groups in total.